The highest BCUT2D eigenvalue weighted by atomic mass is 16.3. The van der Waals surface area contributed by atoms with Crippen molar-refractivity contribution in [2.75, 3.05) is 0 Å². The van der Waals surface area contributed by atoms with Crippen LogP contribution in [0.15, 0.2) is 54.6 Å². The summed E-state index contributed by atoms with van der Waals surface area (Å²) >= 11 is 0. The lowest BCUT2D eigenvalue weighted by atomic mass is 9.73. The minimum absolute atomic E-state index is 0.137. The molecule has 0 spiro atoms. The van der Waals surface area contributed by atoms with E-state index >= 15 is 0 Å². The summed E-state index contributed by atoms with van der Waals surface area (Å²) in [5.41, 5.74) is 0.912. The molecule has 0 bridgehead atoms. The number of aliphatic hydroxyl groups excluding tert-OH is 1. The van der Waals surface area contributed by atoms with Gasteiger partial charge in [-0.1, -0.05) is 61.5 Å². The maximum absolute atomic E-state index is 10.9. The van der Waals surface area contributed by atoms with Crippen LogP contribution in [-0.2, 0) is 0 Å². The van der Waals surface area contributed by atoms with Crippen LogP contribution in [0, 0.1) is 5.41 Å². The van der Waals surface area contributed by atoms with Crippen LogP contribution in [0.2, 0.25) is 0 Å². The SMILES string of the molecule is C[C@]1([C@H](O)c2cccc3ccccc23)C=CCCC1. The Hall–Kier alpha value is -1.60. The van der Waals surface area contributed by atoms with Gasteiger partial charge in [-0.2, -0.15) is 0 Å². The first-order valence-electron chi connectivity index (χ1n) is 7.04. The molecule has 0 aliphatic heterocycles. The Balaban J connectivity index is 2.09. The van der Waals surface area contributed by atoms with Crippen LogP contribution in [0.25, 0.3) is 10.8 Å². The van der Waals surface area contributed by atoms with Crippen molar-refractivity contribution in [2.45, 2.75) is 32.3 Å². The molecule has 0 radical (unpaired) electrons. The van der Waals surface area contributed by atoms with Gasteiger partial charge < -0.3 is 5.11 Å². The van der Waals surface area contributed by atoms with E-state index in [2.05, 4.69) is 43.3 Å². The molecular formula is C18H20O. The van der Waals surface area contributed by atoms with E-state index in [0.29, 0.717) is 0 Å². The predicted octanol–water partition coefficient (Wildman–Crippen LogP) is 4.62. The Morgan fingerprint density at radius 2 is 1.89 bits per heavy atom. The number of benzene rings is 2. The van der Waals surface area contributed by atoms with Crippen molar-refractivity contribution in [3.05, 3.63) is 60.2 Å². The first-order valence-corrected chi connectivity index (χ1v) is 7.04. The molecule has 98 valence electrons. The topological polar surface area (TPSA) is 20.2 Å². The number of hydrogen-bond acceptors (Lipinski definition) is 1. The van der Waals surface area contributed by atoms with Crippen molar-refractivity contribution in [3.63, 3.8) is 0 Å². The van der Waals surface area contributed by atoms with E-state index in [4.69, 9.17) is 0 Å². The number of fused-ring (bicyclic) bond motifs is 1. The van der Waals surface area contributed by atoms with E-state index < -0.39 is 6.10 Å². The molecular weight excluding hydrogens is 232 g/mol. The van der Waals surface area contributed by atoms with Crippen molar-refractivity contribution >= 4 is 10.8 Å². The lowest BCUT2D eigenvalue weighted by Gasteiger charge is -2.34. The van der Waals surface area contributed by atoms with E-state index in [1.165, 1.54) is 5.39 Å². The summed E-state index contributed by atoms with van der Waals surface area (Å²) in [5, 5.41) is 13.2. The second-order valence-electron chi connectivity index (χ2n) is 5.77. The molecule has 1 N–H and O–H groups in total. The fraction of sp³-hybridized carbons (Fsp3) is 0.333. The molecule has 3 rings (SSSR count). The normalized spacial score (nSPS) is 24.5. The molecule has 2 aromatic carbocycles. The number of hydrogen-bond donors (Lipinski definition) is 1. The maximum atomic E-state index is 10.9. The Labute approximate surface area is 114 Å². The van der Waals surface area contributed by atoms with Crippen LogP contribution in [0.1, 0.15) is 37.9 Å². The molecule has 2 atom stereocenters. The van der Waals surface area contributed by atoms with Crippen molar-refractivity contribution < 1.29 is 5.11 Å². The second kappa shape index (κ2) is 4.82. The third-order valence-electron chi connectivity index (χ3n) is 4.33. The van der Waals surface area contributed by atoms with E-state index in [1.54, 1.807) is 0 Å². The minimum atomic E-state index is -0.435. The fourth-order valence-corrected chi connectivity index (χ4v) is 3.11. The maximum Gasteiger partial charge on any atom is 0.0883 e. The van der Waals surface area contributed by atoms with Crippen LogP contribution < -0.4 is 0 Å². The highest BCUT2D eigenvalue weighted by Gasteiger charge is 2.33. The van der Waals surface area contributed by atoms with E-state index in [-0.39, 0.29) is 5.41 Å². The largest absolute Gasteiger partial charge is 0.387 e. The van der Waals surface area contributed by atoms with Gasteiger partial charge >= 0.3 is 0 Å². The first kappa shape index (κ1) is 12.4. The Morgan fingerprint density at radius 1 is 1.11 bits per heavy atom. The Kier molecular flexibility index (Phi) is 3.16. The van der Waals surface area contributed by atoms with Crippen molar-refractivity contribution in [2.24, 2.45) is 5.41 Å². The summed E-state index contributed by atoms with van der Waals surface area (Å²) in [4.78, 5) is 0. The van der Waals surface area contributed by atoms with E-state index in [1.807, 2.05) is 18.2 Å². The molecule has 0 aromatic heterocycles. The van der Waals surface area contributed by atoms with Crippen LogP contribution in [0.3, 0.4) is 0 Å². The molecule has 1 heteroatoms. The van der Waals surface area contributed by atoms with Gasteiger partial charge in [0, 0.05) is 5.41 Å². The summed E-state index contributed by atoms with van der Waals surface area (Å²) in [7, 11) is 0. The van der Waals surface area contributed by atoms with Gasteiger partial charge in [0.2, 0.25) is 0 Å². The molecule has 0 heterocycles. The molecule has 0 saturated carbocycles. The summed E-state index contributed by atoms with van der Waals surface area (Å²) in [5.74, 6) is 0. The third-order valence-corrected chi connectivity index (χ3v) is 4.33. The summed E-state index contributed by atoms with van der Waals surface area (Å²) in [6.45, 7) is 2.16. The van der Waals surface area contributed by atoms with E-state index in [9.17, 15) is 5.11 Å². The first-order chi connectivity index (χ1) is 9.21. The zero-order valence-corrected chi connectivity index (χ0v) is 11.3. The summed E-state index contributed by atoms with van der Waals surface area (Å²) in [6.07, 6.45) is 7.32. The van der Waals surface area contributed by atoms with Gasteiger partial charge in [-0.3, -0.25) is 0 Å². The smallest absolute Gasteiger partial charge is 0.0883 e. The van der Waals surface area contributed by atoms with Gasteiger partial charge in [0.1, 0.15) is 0 Å². The summed E-state index contributed by atoms with van der Waals surface area (Å²) in [6, 6.07) is 14.5. The van der Waals surface area contributed by atoms with Gasteiger partial charge in [0.05, 0.1) is 6.10 Å². The molecule has 19 heavy (non-hydrogen) atoms. The van der Waals surface area contributed by atoms with Gasteiger partial charge in [-0.15, -0.1) is 0 Å². The quantitative estimate of drug-likeness (QED) is 0.773. The molecule has 1 aliphatic rings. The molecule has 0 saturated heterocycles. The monoisotopic (exact) mass is 252 g/mol. The standard InChI is InChI=1S/C18H20O/c1-18(12-5-2-6-13-18)17(19)16-11-7-9-14-8-3-4-10-15(14)16/h3-5,7-12,17,19H,2,6,13H2,1H3/t17-,18+/m1/s1. The molecule has 1 nitrogen and oxygen atoms in total. The highest BCUT2D eigenvalue weighted by Crippen LogP contribution is 2.43. The van der Waals surface area contributed by atoms with Gasteiger partial charge in [0.15, 0.2) is 0 Å². The Bertz CT molecular complexity index is 609. The molecule has 1 aliphatic carbocycles. The zero-order valence-electron chi connectivity index (χ0n) is 11.3. The molecule has 0 amide bonds. The predicted molar refractivity (Wildman–Crippen MR) is 80.0 cm³/mol. The lowest BCUT2D eigenvalue weighted by molar-refractivity contribution is 0.0607. The number of allylic oxidation sites excluding steroid dienone is 1. The Morgan fingerprint density at radius 3 is 2.68 bits per heavy atom. The van der Waals surface area contributed by atoms with Crippen LogP contribution in [0.4, 0.5) is 0 Å². The average molecular weight is 252 g/mol. The van der Waals surface area contributed by atoms with Gasteiger partial charge in [-0.05, 0) is 35.6 Å². The van der Waals surface area contributed by atoms with Crippen LogP contribution in [0.5, 0.6) is 0 Å². The van der Waals surface area contributed by atoms with Crippen molar-refractivity contribution in [1.29, 1.82) is 0 Å². The third kappa shape index (κ3) is 2.19. The minimum Gasteiger partial charge on any atom is -0.387 e. The lowest BCUT2D eigenvalue weighted by Crippen LogP contribution is -2.25. The highest BCUT2D eigenvalue weighted by molar-refractivity contribution is 5.86. The van der Waals surface area contributed by atoms with Gasteiger partial charge in [-0.25, -0.2) is 0 Å². The van der Waals surface area contributed by atoms with Gasteiger partial charge in [0.25, 0.3) is 0 Å². The average Bonchev–Trinajstić information content (AvgIpc) is 2.47. The van der Waals surface area contributed by atoms with Crippen molar-refractivity contribution in [1.82, 2.24) is 0 Å². The second-order valence-corrected chi connectivity index (χ2v) is 5.77. The number of rotatable bonds is 2. The zero-order chi connectivity index (χ0) is 13.3. The fourth-order valence-electron chi connectivity index (χ4n) is 3.11. The number of aliphatic hydroxyl groups is 1. The van der Waals surface area contributed by atoms with Crippen molar-refractivity contribution in [3.8, 4) is 0 Å². The van der Waals surface area contributed by atoms with E-state index in [0.717, 1.165) is 30.2 Å². The molecule has 0 fully saturated rings. The molecule has 0 unspecified atom stereocenters. The molecule has 2 aromatic rings. The summed E-state index contributed by atoms with van der Waals surface area (Å²) < 4.78 is 0. The van der Waals surface area contributed by atoms with Crippen LogP contribution in [-0.4, -0.2) is 5.11 Å². The van der Waals surface area contributed by atoms with Crippen LogP contribution >= 0.6 is 0 Å².